The van der Waals surface area contributed by atoms with Gasteiger partial charge in [-0.25, -0.2) is 9.59 Å². The van der Waals surface area contributed by atoms with E-state index in [9.17, 15) is 9.59 Å². The second kappa shape index (κ2) is 8.85. The Bertz CT molecular complexity index is 691. The molecule has 2 rings (SSSR count). The fourth-order valence-electron chi connectivity index (χ4n) is 2.97. The van der Waals surface area contributed by atoms with Gasteiger partial charge in [-0.2, -0.15) is 0 Å². The molecule has 0 heterocycles. The predicted octanol–water partition coefficient (Wildman–Crippen LogP) is 5.43. The number of carbonyl (C=O) groups excluding carboxylic acids is 2. The minimum absolute atomic E-state index is 0.368. The SMILES string of the molecule is CCC(C)(CC(C)(CC)OC(=O)c1ccccc1)OC(=O)c1ccccc1. The van der Waals surface area contributed by atoms with Gasteiger partial charge in [0.25, 0.3) is 0 Å². The highest BCUT2D eigenvalue weighted by Crippen LogP contribution is 2.33. The minimum Gasteiger partial charge on any atom is -0.456 e. The molecule has 0 radical (unpaired) electrons. The van der Waals surface area contributed by atoms with Crippen LogP contribution in [0.15, 0.2) is 60.7 Å². The first-order valence-corrected chi connectivity index (χ1v) is 9.37. The van der Waals surface area contributed by atoms with Crippen LogP contribution in [0.25, 0.3) is 0 Å². The molecule has 27 heavy (non-hydrogen) atoms. The van der Waals surface area contributed by atoms with E-state index in [1.807, 2.05) is 39.8 Å². The third kappa shape index (κ3) is 5.68. The van der Waals surface area contributed by atoms with Gasteiger partial charge in [-0.1, -0.05) is 50.2 Å². The molecule has 4 nitrogen and oxygen atoms in total. The summed E-state index contributed by atoms with van der Waals surface area (Å²) in [5.41, 5.74) is -0.461. The monoisotopic (exact) mass is 368 g/mol. The molecule has 0 saturated carbocycles. The van der Waals surface area contributed by atoms with Crippen LogP contribution >= 0.6 is 0 Å². The van der Waals surface area contributed by atoms with Crippen LogP contribution in [0, 0.1) is 0 Å². The molecule has 2 atom stereocenters. The average molecular weight is 368 g/mol. The lowest BCUT2D eigenvalue weighted by Crippen LogP contribution is -2.43. The van der Waals surface area contributed by atoms with Gasteiger partial charge in [-0.3, -0.25) is 0 Å². The van der Waals surface area contributed by atoms with Crippen LogP contribution in [0.4, 0.5) is 0 Å². The van der Waals surface area contributed by atoms with Gasteiger partial charge >= 0.3 is 11.9 Å². The van der Waals surface area contributed by atoms with E-state index >= 15 is 0 Å². The minimum atomic E-state index is -0.741. The molecule has 144 valence electrons. The van der Waals surface area contributed by atoms with Gasteiger partial charge in [-0.15, -0.1) is 0 Å². The maximum Gasteiger partial charge on any atom is 0.338 e. The van der Waals surface area contributed by atoms with Crippen molar-refractivity contribution in [2.24, 2.45) is 0 Å². The van der Waals surface area contributed by atoms with Crippen molar-refractivity contribution in [2.45, 2.75) is 58.2 Å². The van der Waals surface area contributed by atoms with Crippen molar-refractivity contribution in [3.63, 3.8) is 0 Å². The molecule has 0 fully saturated rings. The van der Waals surface area contributed by atoms with Gasteiger partial charge in [0.15, 0.2) is 0 Å². The fourth-order valence-corrected chi connectivity index (χ4v) is 2.97. The Morgan fingerprint density at radius 2 is 1.04 bits per heavy atom. The smallest absolute Gasteiger partial charge is 0.338 e. The summed E-state index contributed by atoms with van der Waals surface area (Å²) < 4.78 is 11.7. The third-order valence-electron chi connectivity index (χ3n) is 4.94. The van der Waals surface area contributed by atoms with Crippen molar-refractivity contribution in [1.82, 2.24) is 0 Å². The van der Waals surface area contributed by atoms with E-state index in [4.69, 9.17) is 9.47 Å². The van der Waals surface area contributed by atoms with Gasteiger partial charge in [0, 0.05) is 6.42 Å². The number of ether oxygens (including phenoxy) is 2. The maximum absolute atomic E-state index is 12.5. The van der Waals surface area contributed by atoms with E-state index < -0.39 is 11.2 Å². The molecule has 2 aromatic carbocycles. The van der Waals surface area contributed by atoms with E-state index in [-0.39, 0.29) is 11.9 Å². The summed E-state index contributed by atoms with van der Waals surface area (Å²) in [4.78, 5) is 25.0. The summed E-state index contributed by atoms with van der Waals surface area (Å²) in [5.74, 6) is -0.736. The molecule has 0 aliphatic carbocycles. The first-order chi connectivity index (χ1) is 12.8. The van der Waals surface area contributed by atoms with Gasteiger partial charge in [0.05, 0.1) is 11.1 Å². The zero-order valence-corrected chi connectivity index (χ0v) is 16.5. The lowest BCUT2D eigenvalue weighted by atomic mass is 9.85. The van der Waals surface area contributed by atoms with Crippen LogP contribution in [-0.4, -0.2) is 23.1 Å². The first-order valence-electron chi connectivity index (χ1n) is 9.37. The normalized spacial score (nSPS) is 15.3. The summed E-state index contributed by atoms with van der Waals surface area (Å²) in [6.07, 6.45) is 1.65. The summed E-state index contributed by atoms with van der Waals surface area (Å²) in [5, 5.41) is 0. The Morgan fingerprint density at radius 1 is 0.704 bits per heavy atom. The summed E-state index contributed by atoms with van der Waals surface area (Å²) in [6.45, 7) is 7.71. The van der Waals surface area contributed by atoms with Crippen LogP contribution in [-0.2, 0) is 9.47 Å². The standard InChI is InChI=1S/C23H28O4/c1-5-22(3,26-20(24)18-13-9-7-10-14-18)17-23(4,6-2)27-21(25)19-15-11-8-12-16-19/h7-16H,5-6,17H2,1-4H3. The van der Waals surface area contributed by atoms with Crippen molar-refractivity contribution in [2.75, 3.05) is 0 Å². The summed E-state index contributed by atoms with van der Waals surface area (Å²) >= 11 is 0. The molecular formula is C23H28O4. The lowest BCUT2D eigenvalue weighted by molar-refractivity contribution is -0.0753. The molecule has 4 heteroatoms. The summed E-state index contributed by atoms with van der Waals surface area (Å²) in [7, 11) is 0. The van der Waals surface area contributed by atoms with Crippen LogP contribution < -0.4 is 0 Å². The Morgan fingerprint density at radius 3 is 1.33 bits per heavy atom. The number of hydrogen-bond acceptors (Lipinski definition) is 4. The Balaban J connectivity index is 2.12. The van der Waals surface area contributed by atoms with Crippen LogP contribution in [0.1, 0.15) is 67.7 Å². The van der Waals surface area contributed by atoms with Crippen LogP contribution in [0.2, 0.25) is 0 Å². The number of benzene rings is 2. The third-order valence-corrected chi connectivity index (χ3v) is 4.94. The topological polar surface area (TPSA) is 52.6 Å². The van der Waals surface area contributed by atoms with Crippen molar-refractivity contribution < 1.29 is 19.1 Å². The highest BCUT2D eigenvalue weighted by atomic mass is 16.6. The van der Waals surface area contributed by atoms with Gasteiger partial charge in [0.2, 0.25) is 0 Å². The van der Waals surface area contributed by atoms with E-state index in [0.717, 1.165) is 0 Å². The Hall–Kier alpha value is -2.62. The summed E-state index contributed by atoms with van der Waals surface area (Å²) in [6, 6.07) is 17.8. The van der Waals surface area contributed by atoms with Crippen molar-refractivity contribution in [3.8, 4) is 0 Å². The lowest BCUT2D eigenvalue weighted by Gasteiger charge is -2.38. The highest BCUT2D eigenvalue weighted by Gasteiger charge is 2.39. The molecule has 2 aromatic rings. The first kappa shape index (κ1) is 20.7. The molecule has 0 aromatic heterocycles. The van der Waals surface area contributed by atoms with Crippen molar-refractivity contribution in [3.05, 3.63) is 71.8 Å². The second-order valence-corrected chi connectivity index (χ2v) is 7.29. The highest BCUT2D eigenvalue weighted by molar-refractivity contribution is 5.90. The molecule has 0 bridgehead atoms. The molecule has 0 amide bonds. The van der Waals surface area contributed by atoms with Crippen LogP contribution in [0.3, 0.4) is 0 Å². The Labute approximate surface area is 161 Å². The van der Waals surface area contributed by atoms with Gasteiger partial charge in [0.1, 0.15) is 11.2 Å². The molecule has 0 aliphatic rings. The molecule has 0 aliphatic heterocycles. The molecular weight excluding hydrogens is 340 g/mol. The molecule has 0 spiro atoms. The largest absolute Gasteiger partial charge is 0.456 e. The molecule has 0 saturated heterocycles. The van der Waals surface area contributed by atoms with E-state index in [1.165, 1.54) is 0 Å². The number of esters is 2. The van der Waals surface area contributed by atoms with Crippen molar-refractivity contribution in [1.29, 1.82) is 0 Å². The Kier molecular flexibility index (Phi) is 6.78. The van der Waals surface area contributed by atoms with E-state index in [2.05, 4.69) is 0 Å². The maximum atomic E-state index is 12.5. The zero-order valence-electron chi connectivity index (χ0n) is 16.5. The number of rotatable bonds is 8. The van der Waals surface area contributed by atoms with Crippen molar-refractivity contribution >= 4 is 11.9 Å². The molecule has 0 N–H and O–H groups in total. The quantitative estimate of drug-likeness (QED) is 0.583. The average Bonchev–Trinajstić information content (AvgIpc) is 2.69. The number of carbonyl (C=O) groups is 2. The van der Waals surface area contributed by atoms with E-state index in [1.54, 1.807) is 48.5 Å². The second-order valence-electron chi connectivity index (χ2n) is 7.29. The zero-order chi connectivity index (χ0) is 19.9. The van der Waals surface area contributed by atoms with E-state index in [0.29, 0.717) is 30.4 Å². The van der Waals surface area contributed by atoms with Crippen LogP contribution in [0.5, 0.6) is 0 Å². The van der Waals surface area contributed by atoms with Gasteiger partial charge < -0.3 is 9.47 Å². The predicted molar refractivity (Wildman–Crippen MR) is 106 cm³/mol. The molecule has 2 unspecified atom stereocenters. The van der Waals surface area contributed by atoms with Gasteiger partial charge in [-0.05, 0) is 51.0 Å². The fraction of sp³-hybridized carbons (Fsp3) is 0.391. The number of hydrogen-bond donors (Lipinski definition) is 0.